The van der Waals surface area contributed by atoms with Crippen LogP contribution < -0.4 is 10.2 Å². The molecule has 0 radical (unpaired) electrons. The molecule has 2 aromatic rings. The summed E-state index contributed by atoms with van der Waals surface area (Å²) >= 11 is 0. The van der Waals surface area contributed by atoms with Crippen molar-refractivity contribution in [2.24, 2.45) is 0 Å². The van der Waals surface area contributed by atoms with E-state index in [1.165, 1.54) is 25.3 Å². The van der Waals surface area contributed by atoms with E-state index >= 15 is 0 Å². The Morgan fingerprint density at radius 3 is 2.83 bits per heavy atom. The van der Waals surface area contributed by atoms with Crippen molar-refractivity contribution in [3.8, 4) is 5.75 Å². The van der Waals surface area contributed by atoms with Crippen molar-refractivity contribution >= 4 is 10.9 Å². The van der Waals surface area contributed by atoms with Gasteiger partial charge < -0.3 is 14.5 Å². The maximum absolute atomic E-state index is 12.3. The number of aromatic nitrogens is 1. The van der Waals surface area contributed by atoms with E-state index in [-0.39, 0.29) is 23.3 Å². The van der Waals surface area contributed by atoms with Crippen LogP contribution in [-0.2, 0) is 11.3 Å². The molecule has 1 aromatic carbocycles. The van der Waals surface area contributed by atoms with Crippen LogP contribution in [0.5, 0.6) is 5.75 Å². The molecule has 2 rings (SSSR count). The van der Waals surface area contributed by atoms with Crippen molar-refractivity contribution in [3.63, 3.8) is 0 Å². The average Bonchev–Trinajstić information content (AvgIpc) is 2.30. The largest absolute Gasteiger partial charge is 0.433 e. The zero-order valence-corrected chi connectivity index (χ0v) is 9.57. The van der Waals surface area contributed by atoms with Gasteiger partial charge in [0.25, 0.3) is 0 Å². The lowest BCUT2D eigenvalue weighted by atomic mass is 10.2. The molecule has 0 aliphatic rings. The number of fused-ring (bicyclic) bond motifs is 1. The number of para-hydroxylation sites is 1. The molecule has 0 unspecified atom stereocenters. The highest BCUT2D eigenvalue weighted by molar-refractivity contribution is 5.84. The molecule has 0 amide bonds. The van der Waals surface area contributed by atoms with Gasteiger partial charge >= 0.3 is 6.61 Å². The van der Waals surface area contributed by atoms with Gasteiger partial charge in [-0.15, -0.1) is 0 Å². The number of alkyl halides is 2. The van der Waals surface area contributed by atoms with Crippen LogP contribution in [0.15, 0.2) is 29.1 Å². The number of pyridine rings is 1. The van der Waals surface area contributed by atoms with E-state index in [2.05, 4.69) is 9.72 Å². The fourth-order valence-electron chi connectivity index (χ4n) is 1.73. The molecule has 1 aromatic heterocycles. The lowest BCUT2D eigenvalue weighted by Crippen LogP contribution is -2.09. The Morgan fingerprint density at radius 1 is 1.39 bits per heavy atom. The van der Waals surface area contributed by atoms with E-state index in [4.69, 9.17) is 4.74 Å². The monoisotopic (exact) mass is 255 g/mol. The molecule has 0 aliphatic carbocycles. The van der Waals surface area contributed by atoms with Gasteiger partial charge in [0.1, 0.15) is 5.75 Å². The second kappa shape index (κ2) is 5.14. The van der Waals surface area contributed by atoms with Gasteiger partial charge in [-0.05, 0) is 12.1 Å². The minimum atomic E-state index is -2.94. The number of hydrogen-bond donors (Lipinski definition) is 1. The SMILES string of the molecule is COCc1cc(=O)c2cccc(OC(F)F)c2[nH]1. The Labute approximate surface area is 101 Å². The van der Waals surface area contributed by atoms with Gasteiger partial charge in [0, 0.05) is 24.3 Å². The van der Waals surface area contributed by atoms with Crippen molar-refractivity contribution in [1.29, 1.82) is 0 Å². The third-order valence-electron chi connectivity index (χ3n) is 2.40. The smallest absolute Gasteiger partial charge is 0.387 e. The number of nitrogens with one attached hydrogen (secondary N) is 1. The maximum Gasteiger partial charge on any atom is 0.387 e. The van der Waals surface area contributed by atoms with Crippen LogP contribution in [-0.4, -0.2) is 18.7 Å². The molecular weight excluding hydrogens is 244 g/mol. The Kier molecular flexibility index (Phi) is 3.57. The van der Waals surface area contributed by atoms with Crippen molar-refractivity contribution in [1.82, 2.24) is 4.98 Å². The van der Waals surface area contributed by atoms with Crippen LogP contribution in [0.2, 0.25) is 0 Å². The number of halogens is 2. The number of ether oxygens (including phenoxy) is 2. The fourth-order valence-corrected chi connectivity index (χ4v) is 1.73. The number of H-pyrrole nitrogens is 1. The molecule has 0 aliphatic heterocycles. The summed E-state index contributed by atoms with van der Waals surface area (Å²) in [6.07, 6.45) is 0. The first-order chi connectivity index (χ1) is 8.61. The van der Waals surface area contributed by atoms with Gasteiger partial charge in [-0.25, -0.2) is 0 Å². The summed E-state index contributed by atoms with van der Waals surface area (Å²) in [5.41, 5.74) is 0.480. The molecule has 4 nitrogen and oxygen atoms in total. The molecular formula is C12H11F2NO3. The van der Waals surface area contributed by atoms with Gasteiger partial charge in [0.15, 0.2) is 5.43 Å². The normalized spacial score (nSPS) is 11.1. The number of aromatic amines is 1. The third kappa shape index (κ3) is 2.48. The van der Waals surface area contributed by atoms with Gasteiger partial charge in [-0.2, -0.15) is 8.78 Å². The van der Waals surface area contributed by atoms with E-state index < -0.39 is 6.61 Å². The lowest BCUT2D eigenvalue weighted by molar-refractivity contribution is -0.0489. The quantitative estimate of drug-likeness (QED) is 0.911. The summed E-state index contributed by atoms with van der Waals surface area (Å²) in [4.78, 5) is 14.7. The molecule has 18 heavy (non-hydrogen) atoms. The molecule has 0 saturated heterocycles. The first-order valence-corrected chi connectivity index (χ1v) is 5.20. The molecule has 0 atom stereocenters. The number of rotatable bonds is 4. The van der Waals surface area contributed by atoms with Crippen LogP contribution in [0.4, 0.5) is 8.78 Å². The average molecular weight is 255 g/mol. The Bertz CT molecular complexity index is 610. The van der Waals surface area contributed by atoms with Gasteiger partial charge in [0.05, 0.1) is 12.1 Å². The molecule has 0 bridgehead atoms. The summed E-state index contributed by atoms with van der Waals surface area (Å²) in [6.45, 7) is -2.75. The van der Waals surface area contributed by atoms with Crippen molar-refractivity contribution in [2.45, 2.75) is 13.2 Å². The Hall–Kier alpha value is -1.95. The van der Waals surface area contributed by atoms with E-state index in [0.717, 1.165) is 0 Å². The number of hydrogen-bond acceptors (Lipinski definition) is 3. The van der Waals surface area contributed by atoms with Crippen LogP contribution in [0.3, 0.4) is 0 Å². The number of benzene rings is 1. The maximum atomic E-state index is 12.3. The van der Waals surface area contributed by atoms with Crippen LogP contribution in [0.1, 0.15) is 5.69 Å². The zero-order valence-electron chi connectivity index (χ0n) is 9.57. The van der Waals surface area contributed by atoms with Crippen LogP contribution in [0.25, 0.3) is 10.9 Å². The second-order valence-electron chi connectivity index (χ2n) is 3.65. The molecule has 0 saturated carbocycles. The molecule has 6 heteroatoms. The molecule has 0 fully saturated rings. The highest BCUT2D eigenvalue weighted by Crippen LogP contribution is 2.23. The highest BCUT2D eigenvalue weighted by Gasteiger charge is 2.11. The molecule has 96 valence electrons. The third-order valence-corrected chi connectivity index (χ3v) is 2.40. The predicted molar refractivity (Wildman–Crippen MR) is 61.9 cm³/mol. The van der Waals surface area contributed by atoms with Crippen molar-refractivity contribution < 1.29 is 18.3 Å². The Balaban J connectivity index is 2.62. The standard InChI is InChI=1S/C12H11F2NO3/c1-17-6-7-5-9(16)8-3-2-4-10(11(8)15-7)18-12(13)14/h2-5,12H,6H2,1H3,(H,15,16). The highest BCUT2D eigenvalue weighted by atomic mass is 19.3. The second-order valence-corrected chi connectivity index (χ2v) is 3.65. The number of methoxy groups -OCH3 is 1. The van der Waals surface area contributed by atoms with Crippen molar-refractivity contribution in [2.75, 3.05) is 7.11 Å². The predicted octanol–water partition coefficient (Wildman–Crippen LogP) is 2.28. The van der Waals surface area contributed by atoms with Gasteiger partial charge in [0.2, 0.25) is 0 Å². The zero-order chi connectivity index (χ0) is 13.1. The Morgan fingerprint density at radius 2 is 2.17 bits per heavy atom. The van der Waals surface area contributed by atoms with Gasteiger partial charge in [-0.3, -0.25) is 4.79 Å². The summed E-state index contributed by atoms with van der Waals surface area (Å²) < 4.78 is 33.8. The summed E-state index contributed by atoms with van der Waals surface area (Å²) in [5.74, 6) is -0.0578. The molecule has 0 spiro atoms. The lowest BCUT2D eigenvalue weighted by Gasteiger charge is -2.09. The van der Waals surface area contributed by atoms with E-state index in [1.54, 1.807) is 6.07 Å². The summed E-state index contributed by atoms with van der Waals surface area (Å²) in [6, 6.07) is 5.79. The minimum absolute atomic E-state index is 0.0578. The van der Waals surface area contributed by atoms with E-state index in [0.29, 0.717) is 11.1 Å². The minimum Gasteiger partial charge on any atom is -0.433 e. The van der Waals surface area contributed by atoms with Crippen molar-refractivity contribution in [3.05, 3.63) is 40.2 Å². The van der Waals surface area contributed by atoms with E-state index in [9.17, 15) is 13.6 Å². The summed E-state index contributed by atoms with van der Waals surface area (Å²) in [5, 5.41) is 0.299. The molecule has 1 N–H and O–H groups in total. The van der Waals surface area contributed by atoms with E-state index in [1.807, 2.05) is 0 Å². The van der Waals surface area contributed by atoms with Crippen LogP contribution >= 0.6 is 0 Å². The summed E-state index contributed by atoms with van der Waals surface area (Å²) in [7, 11) is 1.48. The van der Waals surface area contributed by atoms with Crippen LogP contribution in [0, 0.1) is 0 Å². The first-order valence-electron chi connectivity index (χ1n) is 5.20. The van der Waals surface area contributed by atoms with Gasteiger partial charge in [-0.1, -0.05) is 6.07 Å². The first kappa shape index (κ1) is 12.5. The topological polar surface area (TPSA) is 51.3 Å². The molecule has 1 heterocycles. The fraction of sp³-hybridized carbons (Fsp3) is 0.250.